The monoisotopic (exact) mass is 218 g/mol. The van der Waals surface area contributed by atoms with Crippen LogP contribution >= 0.6 is 0 Å². The average molecular weight is 218 g/mol. The molecule has 15 heavy (non-hydrogen) atoms. The van der Waals surface area contributed by atoms with E-state index in [0.29, 0.717) is 6.61 Å². The summed E-state index contributed by atoms with van der Waals surface area (Å²) in [6.45, 7) is 9.80. The van der Waals surface area contributed by atoms with E-state index in [9.17, 15) is 4.79 Å². The first-order valence-corrected chi connectivity index (χ1v) is 5.22. The van der Waals surface area contributed by atoms with Gasteiger partial charge >= 0.3 is 5.97 Å². The van der Waals surface area contributed by atoms with Gasteiger partial charge in [-0.2, -0.15) is 0 Å². The molecule has 1 N–H and O–H groups in total. The van der Waals surface area contributed by atoms with E-state index in [4.69, 9.17) is 14.6 Å². The maximum atomic E-state index is 10.8. The number of carboxylic acids is 1. The van der Waals surface area contributed by atoms with Crippen LogP contribution in [-0.4, -0.2) is 35.5 Å². The van der Waals surface area contributed by atoms with Crippen LogP contribution < -0.4 is 0 Å². The summed E-state index contributed by atoms with van der Waals surface area (Å²) >= 11 is 0. The Morgan fingerprint density at radius 3 is 2.13 bits per heavy atom. The topological polar surface area (TPSA) is 55.8 Å². The van der Waals surface area contributed by atoms with E-state index in [0.717, 1.165) is 6.42 Å². The van der Waals surface area contributed by atoms with Crippen molar-refractivity contribution in [2.24, 2.45) is 0 Å². The Morgan fingerprint density at radius 1 is 1.20 bits per heavy atom. The molecule has 0 aromatic carbocycles. The lowest BCUT2D eigenvalue weighted by Gasteiger charge is -2.29. The number of hydrogen-bond donors (Lipinski definition) is 1. The van der Waals surface area contributed by atoms with Crippen molar-refractivity contribution >= 4 is 5.97 Å². The van der Waals surface area contributed by atoms with Gasteiger partial charge in [-0.05, 0) is 34.1 Å². The van der Waals surface area contributed by atoms with Crippen molar-refractivity contribution in [3.8, 4) is 0 Å². The molecular formula is C11H22O4. The second kappa shape index (κ2) is 5.47. The lowest BCUT2D eigenvalue weighted by atomic mass is 10.1. The summed E-state index contributed by atoms with van der Waals surface area (Å²) in [7, 11) is 0. The van der Waals surface area contributed by atoms with Crippen LogP contribution in [0.4, 0.5) is 0 Å². The molecule has 0 unspecified atom stereocenters. The zero-order valence-electron chi connectivity index (χ0n) is 10.3. The third kappa shape index (κ3) is 5.74. The maximum absolute atomic E-state index is 10.8. The molecule has 0 aliphatic heterocycles. The molecule has 0 aliphatic rings. The Kier molecular flexibility index (Phi) is 5.24. The molecular weight excluding hydrogens is 196 g/mol. The highest BCUT2D eigenvalue weighted by atomic mass is 16.6. The fraction of sp³-hybridized carbons (Fsp3) is 0.909. The minimum Gasteiger partial charge on any atom is -0.479 e. The smallest absolute Gasteiger partial charge is 0.335 e. The predicted octanol–water partition coefficient (Wildman–Crippen LogP) is 2.07. The lowest BCUT2D eigenvalue weighted by Crippen LogP contribution is -2.41. The van der Waals surface area contributed by atoms with Gasteiger partial charge in [0.05, 0.1) is 12.2 Å². The minimum absolute atomic E-state index is 0.270. The molecule has 0 aromatic rings. The van der Waals surface area contributed by atoms with Crippen LogP contribution in [0, 0.1) is 0 Å². The first-order chi connectivity index (χ1) is 6.71. The van der Waals surface area contributed by atoms with E-state index in [1.165, 1.54) is 13.8 Å². The van der Waals surface area contributed by atoms with Crippen LogP contribution in [0.2, 0.25) is 0 Å². The first kappa shape index (κ1) is 14.4. The van der Waals surface area contributed by atoms with Crippen LogP contribution in [0.3, 0.4) is 0 Å². The van der Waals surface area contributed by atoms with Crippen LogP contribution in [0.1, 0.15) is 41.0 Å². The van der Waals surface area contributed by atoms with E-state index in [-0.39, 0.29) is 6.61 Å². The van der Waals surface area contributed by atoms with Gasteiger partial charge in [-0.3, -0.25) is 0 Å². The van der Waals surface area contributed by atoms with Crippen LogP contribution in [0.15, 0.2) is 0 Å². The summed E-state index contributed by atoms with van der Waals surface area (Å²) in [6, 6.07) is 0. The molecule has 0 aromatic heterocycles. The van der Waals surface area contributed by atoms with Crippen molar-refractivity contribution in [3.63, 3.8) is 0 Å². The number of rotatable bonds is 7. The first-order valence-electron chi connectivity index (χ1n) is 5.22. The van der Waals surface area contributed by atoms with Crippen molar-refractivity contribution in [1.82, 2.24) is 0 Å². The van der Waals surface area contributed by atoms with Gasteiger partial charge < -0.3 is 14.6 Å². The molecule has 0 saturated heterocycles. The average Bonchev–Trinajstić information content (AvgIpc) is 2.12. The summed E-state index contributed by atoms with van der Waals surface area (Å²) in [5.41, 5.74) is -1.60. The van der Waals surface area contributed by atoms with E-state index in [2.05, 4.69) is 0 Å². The zero-order chi connectivity index (χ0) is 12.1. The molecule has 90 valence electrons. The Bertz CT molecular complexity index is 209. The molecule has 0 spiro atoms. The summed E-state index contributed by atoms with van der Waals surface area (Å²) in [4.78, 5) is 10.8. The Hall–Kier alpha value is -0.610. The number of hydrogen-bond acceptors (Lipinski definition) is 3. The minimum atomic E-state index is -1.16. The fourth-order valence-corrected chi connectivity index (χ4v) is 0.836. The molecule has 0 heterocycles. The normalized spacial score (nSPS) is 12.9. The second-order valence-corrected chi connectivity index (χ2v) is 4.71. The molecule has 0 radical (unpaired) electrons. The number of carboxylic acid groups (broad SMARTS) is 1. The lowest BCUT2D eigenvalue weighted by molar-refractivity contribution is -0.171. The van der Waals surface area contributed by atoms with Crippen molar-refractivity contribution in [2.75, 3.05) is 13.2 Å². The number of carbonyl (C=O) groups is 1. The summed E-state index contributed by atoms with van der Waals surface area (Å²) in [5.74, 6) is -0.964. The van der Waals surface area contributed by atoms with Gasteiger partial charge in [-0.25, -0.2) is 4.79 Å². The van der Waals surface area contributed by atoms with Gasteiger partial charge in [0.25, 0.3) is 0 Å². The van der Waals surface area contributed by atoms with E-state index in [1.807, 2.05) is 20.8 Å². The molecule has 0 bridgehead atoms. The quantitative estimate of drug-likeness (QED) is 0.710. The van der Waals surface area contributed by atoms with Gasteiger partial charge in [0.15, 0.2) is 5.60 Å². The molecule has 0 atom stereocenters. The van der Waals surface area contributed by atoms with Crippen molar-refractivity contribution in [1.29, 1.82) is 0 Å². The number of aliphatic carboxylic acids is 1. The Labute approximate surface area is 91.6 Å². The molecule has 0 rings (SSSR count). The number of ether oxygens (including phenoxy) is 2. The highest BCUT2D eigenvalue weighted by Gasteiger charge is 2.31. The standard InChI is InChI=1S/C11H22O4/c1-6-7-14-10(2,3)8-15-11(4,5)9(12)13/h6-8H2,1-5H3,(H,12,13). The SMILES string of the molecule is CCCOC(C)(C)COC(C)(C)C(=O)O. The summed E-state index contributed by atoms with van der Waals surface area (Å²) in [5, 5.41) is 8.85. The van der Waals surface area contributed by atoms with Gasteiger partial charge in [0.2, 0.25) is 0 Å². The highest BCUT2D eigenvalue weighted by molar-refractivity contribution is 5.76. The molecule has 4 heteroatoms. The van der Waals surface area contributed by atoms with E-state index < -0.39 is 17.2 Å². The van der Waals surface area contributed by atoms with Gasteiger partial charge in [0.1, 0.15) is 0 Å². The summed E-state index contributed by atoms with van der Waals surface area (Å²) in [6.07, 6.45) is 0.936. The summed E-state index contributed by atoms with van der Waals surface area (Å²) < 4.78 is 10.9. The van der Waals surface area contributed by atoms with Gasteiger partial charge in [0, 0.05) is 6.61 Å². The molecule has 0 saturated carbocycles. The van der Waals surface area contributed by atoms with Crippen molar-refractivity contribution in [2.45, 2.75) is 52.2 Å². The Morgan fingerprint density at radius 2 is 1.73 bits per heavy atom. The van der Waals surface area contributed by atoms with Crippen LogP contribution in [0.25, 0.3) is 0 Å². The van der Waals surface area contributed by atoms with Gasteiger partial charge in [-0.1, -0.05) is 6.92 Å². The van der Waals surface area contributed by atoms with E-state index in [1.54, 1.807) is 0 Å². The van der Waals surface area contributed by atoms with Crippen molar-refractivity contribution in [3.05, 3.63) is 0 Å². The maximum Gasteiger partial charge on any atom is 0.335 e. The molecule has 0 aliphatic carbocycles. The zero-order valence-corrected chi connectivity index (χ0v) is 10.3. The second-order valence-electron chi connectivity index (χ2n) is 4.71. The molecule has 0 amide bonds. The molecule has 0 fully saturated rings. The van der Waals surface area contributed by atoms with Crippen LogP contribution in [0.5, 0.6) is 0 Å². The third-order valence-corrected chi connectivity index (χ3v) is 1.99. The fourth-order valence-electron chi connectivity index (χ4n) is 0.836. The largest absolute Gasteiger partial charge is 0.479 e. The highest BCUT2D eigenvalue weighted by Crippen LogP contribution is 2.16. The van der Waals surface area contributed by atoms with Crippen LogP contribution in [-0.2, 0) is 14.3 Å². The molecule has 4 nitrogen and oxygen atoms in total. The third-order valence-electron chi connectivity index (χ3n) is 1.99. The van der Waals surface area contributed by atoms with Gasteiger partial charge in [-0.15, -0.1) is 0 Å². The van der Waals surface area contributed by atoms with E-state index >= 15 is 0 Å². The Balaban J connectivity index is 4.07. The predicted molar refractivity (Wildman–Crippen MR) is 58.0 cm³/mol. The van der Waals surface area contributed by atoms with Crippen molar-refractivity contribution < 1.29 is 19.4 Å².